The maximum Gasteiger partial charge on any atom is 0.322 e. The minimum atomic E-state index is -0.992. The van der Waals surface area contributed by atoms with Crippen molar-refractivity contribution in [2.24, 2.45) is 5.73 Å². The topological polar surface area (TPSA) is 75.3 Å². The van der Waals surface area contributed by atoms with E-state index in [0.29, 0.717) is 0 Å². The van der Waals surface area contributed by atoms with Gasteiger partial charge >= 0.3 is 5.97 Å². The van der Waals surface area contributed by atoms with Crippen LogP contribution >= 0.6 is 0 Å². The van der Waals surface area contributed by atoms with Crippen LogP contribution in [-0.2, 0) is 4.79 Å². The van der Waals surface area contributed by atoms with Crippen LogP contribution in [0, 0.1) is 20.8 Å². The number of hydrogen-bond donors (Lipinski definition) is 3. The van der Waals surface area contributed by atoms with Crippen LogP contribution in [0.3, 0.4) is 0 Å². The van der Waals surface area contributed by atoms with Crippen molar-refractivity contribution in [3.8, 4) is 0 Å². The molecule has 1 aromatic carbocycles. The van der Waals surface area contributed by atoms with Gasteiger partial charge < -0.3 is 16.2 Å². The van der Waals surface area contributed by atoms with Gasteiger partial charge in [0.05, 0.1) is 0 Å². The molecule has 1 rings (SSSR count). The molecule has 0 bridgehead atoms. The molecule has 4 nitrogen and oxygen atoms in total. The summed E-state index contributed by atoms with van der Waals surface area (Å²) in [6.07, 6.45) is 0. The molecule has 0 aliphatic carbocycles. The standard InChI is InChI=1S/C12H18N2O2/c1-7-4-9(3)11(5-8(7)2)14-6-10(13)12(15)16/h4-5,10,14H,6,13H2,1-3H3,(H,15,16). The SMILES string of the molecule is Cc1cc(C)c(NCC(N)C(=O)O)cc1C. The van der Waals surface area contributed by atoms with Gasteiger partial charge in [0.2, 0.25) is 0 Å². The fourth-order valence-electron chi connectivity index (χ4n) is 1.46. The van der Waals surface area contributed by atoms with Crippen LogP contribution < -0.4 is 11.1 Å². The number of hydrogen-bond acceptors (Lipinski definition) is 3. The van der Waals surface area contributed by atoms with E-state index in [0.717, 1.165) is 11.3 Å². The average molecular weight is 222 g/mol. The lowest BCUT2D eigenvalue weighted by Crippen LogP contribution is -2.37. The number of rotatable bonds is 4. The van der Waals surface area contributed by atoms with Gasteiger partial charge in [-0.2, -0.15) is 0 Å². The van der Waals surface area contributed by atoms with E-state index in [1.807, 2.05) is 19.9 Å². The minimum Gasteiger partial charge on any atom is -0.480 e. The fraction of sp³-hybridized carbons (Fsp3) is 0.417. The first-order valence-corrected chi connectivity index (χ1v) is 5.22. The lowest BCUT2D eigenvalue weighted by molar-refractivity contribution is -0.138. The zero-order valence-electron chi connectivity index (χ0n) is 9.87. The molecular formula is C12H18N2O2. The van der Waals surface area contributed by atoms with Crippen molar-refractivity contribution in [2.75, 3.05) is 11.9 Å². The Labute approximate surface area is 95.5 Å². The molecule has 1 unspecified atom stereocenters. The molecule has 0 fully saturated rings. The van der Waals surface area contributed by atoms with Crippen molar-refractivity contribution in [2.45, 2.75) is 26.8 Å². The highest BCUT2D eigenvalue weighted by atomic mass is 16.4. The van der Waals surface area contributed by atoms with E-state index in [2.05, 4.69) is 18.3 Å². The molecule has 0 saturated heterocycles. The summed E-state index contributed by atoms with van der Waals surface area (Å²) >= 11 is 0. The van der Waals surface area contributed by atoms with Gasteiger partial charge in [-0.15, -0.1) is 0 Å². The average Bonchev–Trinajstić information content (AvgIpc) is 2.20. The Morgan fingerprint density at radius 2 is 1.88 bits per heavy atom. The Hall–Kier alpha value is -1.55. The molecule has 0 radical (unpaired) electrons. The van der Waals surface area contributed by atoms with Crippen LogP contribution in [0.25, 0.3) is 0 Å². The smallest absolute Gasteiger partial charge is 0.322 e. The van der Waals surface area contributed by atoms with Crippen molar-refractivity contribution in [3.63, 3.8) is 0 Å². The number of aliphatic carboxylic acids is 1. The van der Waals surface area contributed by atoms with Crippen LogP contribution in [0.15, 0.2) is 12.1 Å². The number of benzene rings is 1. The predicted molar refractivity (Wildman–Crippen MR) is 64.8 cm³/mol. The van der Waals surface area contributed by atoms with E-state index in [4.69, 9.17) is 10.8 Å². The van der Waals surface area contributed by atoms with E-state index < -0.39 is 12.0 Å². The second kappa shape index (κ2) is 4.99. The molecule has 0 aromatic heterocycles. The third-order valence-electron chi connectivity index (χ3n) is 2.67. The van der Waals surface area contributed by atoms with Crippen molar-refractivity contribution >= 4 is 11.7 Å². The summed E-state index contributed by atoms with van der Waals surface area (Å²) < 4.78 is 0. The molecular weight excluding hydrogens is 204 g/mol. The lowest BCUT2D eigenvalue weighted by Gasteiger charge is -2.14. The fourth-order valence-corrected chi connectivity index (χ4v) is 1.46. The largest absolute Gasteiger partial charge is 0.480 e. The summed E-state index contributed by atoms with van der Waals surface area (Å²) in [5.74, 6) is -0.992. The molecule has 0 aliphatic rings. The Bertz CT molecular complexity index is 402. The van der Waals surface area contributed by atoms with Gasteiger partial charge in [0.15, 0.2) is 0 Å². The molecule has 4 heteroatoms. The van der Waals surface area contributed by atoms with Crippen LogP contribution in [0.4, 0.5) is 5.69 Å². The lowest BCUT2D eigenvalue weighted by atomic mass is 10.0. The molecule has 1 atom stereocenters. The van der Waals surface area contributed by atoms with Crippen molar-refractivity contribution in [1.82, 2.24) is 0 Å². The Kier molecular flexibility index (Phi) is 3.90. The summed E-state index contributed by atoms with van der Waals surface area (Å²) in [7, 11) is 0. The number of carbonyl (C=O) groups is 1. The van der Waals surface area contributed by atoms with Crippen molar-refractivity contribution < 1.29 is 9.90 Å². The summed E-state index contributed by atoms with van der Waals surface area (Å²) in [5.41, 5.74) is 9.87. The monoisotopic (exact) mass is 222 g/mol. The zero-order chi connectivity index (χ0) is 12.3. The second-order valence-corrected chi connectivity index (χ2v) is 4.08. The Morgan fingerprint density at radius 1 is 1.31 bits per heavy atom. The van der Waals surface area contributed by atoms with Gasteiger partial charge in [-0.25, -0.2) is 0 Å². The summed E-state index contributed by atoms with van der Waals surface area (Å²) in [4.78, 5) is 10.6. The Morgan fingerprint density at radius 3 is 2.44 bits per heavy atom. The van der Waals surface area contributed by atoms with Crippen LogP contribution in [0.1, 0.15) is 16.7 Å². The van der Waals surface area contributed by atoms with Crippen molar-refractivity contribution in [3.05, 3.63) is 28.8 Å². The maximum atomic E-state index is 10.6. The first-order chi connectivity index (χ1) is 7.41. The van der Waals surface area contributed by atoms with Crippen LogP contribution in [0.2, 0.25) is 0 Å². The molecule has 1 aromatic rings. The molecule has 0 heterocycles. The normalized spacial score (nSPS) is 12.2. The maximum absolute atomic E-state index is 10.6. The highest BCUT2D eigenvalue weighted by Crippen LogP contribution is 2.19. The van der Waals surface area contributed by atoms with E-state index >= 15 is 0 Å². The number of carboxylic acids is 1. The number of aryl methyl sites for hydroxylation is 3. The third-order valence-corrected chi connectivity index (χ3v) is 2.67. The number of carboxylic acid groups (broad SMARTS) is 1. The van der Waals surface area contributed by atoms with E-state index in [-0.39, 0.29) is 6.54 Å². The summed E-state index contributed by atoms with van der Waals surface area (Å²) in [6.45, 7) is 6.30. The van der Waals surface area contributed by atoms with Crippen molar-refractivity contribution in [1.29, 1.82) is 0 Å². The minimum absolute atomic E-state index is 0.235. The summed E-state index contributed by atoms with van der Waals surface area (Å²) in [6, 6.07) is 3.21. The van der Waals surface area contributed by atoms with Crippen LogP contribution in [-0.4, -0.2) is 23.7 Å². The zero-order valence-corrected chi connectivity index (χ0v) is 9.87. The highest BCUT2D eigenvalue weighted by molar-refractivity contribution is 5.74. The van der Waals surface area contributed by atoms with Gasteiger partial charge in [0, 0.05) is 12.2 Å². The summed E-state index contributed by atoms with van der Waals surface area (Å²) in [5, 5.41) is 11.7. The van der Waals surface area contributed by atoms with E-state index in [1.165, 1.54) is 11.1 Å². The molecule has 0 amide bonds. The predicted octanol–water partition coefficient (Wildman–Crippen LogP) is 1.44. The van der Waals surface area contributed by atoms with Gasteiger partial charge in [0.1, 0.15) is 6.04 Å². The molecule has 4 N–H and O–H groups in total. The first kappa shape index (κ1) is 12.5. The third kappa shape index (κ3) is 2.97. The second-order valence-electron chi connectivity index (χ2n) is 4.08. The highest BCUT2D eigenvalue weighted by Gasteiger charge is 2.11. The molecule has 0 aliphatic heterocycles. The molecule has 0 spiro atoms. The number of anilines is 1. The van der Waals surface area contributed by atoms with Gasteiger partial charge in [-0.05, 0) is 43.5 Å². The quantitative estimate of drug-likeness (QED) is 0.720. The molecule has 0 saturated carbocycles. The van der Waals surface area contributed by atoms with Gasteiger partial charge in [0.25, 0.3) is 0 Å². The first-order valence-electron chi connectivity index (χ1n) is 5.22. The molecule has 16 heavy (non-hydrogen) atoms. The van der Waals surface area contributed by atoms with Gasteiger partial charge in [-0.1, -0.05) is 6.07 Å². The Balaban J connectivity index is 2.74. The number of nitrogens with one attached hydrogen (secondary N) is 1. The van der Waals surface area contributed by atoms with E-state index in [9.17, 15) is 4.79 Å². The number of nitrogens with two attached hydrogens (primary N) is 1. The van der Waals surface area contributed by atoms with Crippen LogP contribution in [0.5, 0.6) is 0 Å². The van der Waals surface area contributed by atoms with E-state index in [1.54, 1.807) is 0 Å². The van der Waals surface area contributed by atoms with Gasteiger partial charge in [-0.3, -0.25) is 4.79 Å². The molecule has 88 valence electrons.